The molecule has 0 radical (unpaired) electrons. The van der Waals surface area contributed by atoms with Crippen molar-refractivity contribution < 1.29 is 19.1 Å². The van der Waals surface area contributed by atoms with Crippen LogP contribution in [0.25, 0.3) is 0 Å². The molecular formula is C14H23N3O4. The molecule has 7 nitrogen and oxygen atoms in total. The first-order valence-corrected chi connectivity index (χ1v) is 7.34. The average molecular weight is 297 g/mol. The van der Waals surface area contributed by atoms with Crippen LogP contribution < -0.4 is 10.9 Å². The molecular weight excluding hydrogens is 274 g/mol. The van der Waals surface area contributed by atoms with Crippen LogP contribution in [0.4, 0.5) is 4.79 Å². The fourth-order valence-corrected chi connectivity index (χ4v) is 2.14. The van der Waals surface area contributed by atoms with Crippen LogP contribution in [0.1, 0.15) is 40.0 Å². The Bertz CT molecular complexity index is 440. The van der Waals surface area contributed by atoms with E-state index in [0.717, 1.165) is 12.8 Å². The number of nitrogens with zero attached hydrogens (tertiary/aromatic N) is 1. The highest BCUT2D eigenvalue weighted by atomic mass is 16.6. The van der Waals surface area contributed by atoms with Crippen molar-refractivity contribution in [2.24, 2.45) is 11.8 Å². The van der Waals surface area contributed by atoms with Crippen molar-refractivity contribution >= 4 is 17.9 Å². The standard InChI is InChI=1S/C14H23N3O4/c1-14(2,3)21-13(20)17-7-6-10(8-17)12(19)16-15-11(18)9-4-5-9/h9-10H,4-8H2,1-3H3,(H,15,18)(H,16,19). The van der Waals surface area contributed by atoms with Gasteiger partial charge in [-0.2, -0.15) is 0 Å². The van der Waals surface area contributed by atoms with Crippen molar-refractivity contribution in [1.82, 2.24) is 15.8 Å². The fourth-order valence-electron chi connectivity index (χ4n) is 2.14. The third kappa shape index (κ3) is 4.61. The number of ether oxygens (including phenoxy) is 1. The van der Waals surface area contributed by atoms with Crippen LogP contribution in [0.2, 0.25) is 0 Å². The van der Waals surface area contributed by atoms with Crippen molar-refractivity contribution in [1.29, 1.82) is 0 Å². The minimum atomic E-state index is -0.546. The first kappa shape index (κ1) is 15.6. The van der Waals surface area contributed by atoms with Crippen LogP contribution in [0, 0.1) is 11.8 Å². The monoisotopic (exact) mass is 297 g/mol. The molecule has 1 aliphatic carbocycles. The van der Waals surface area contributed by atoms with Gasteiger partial charge in [-0.05, 0) is 40.0 Å². The van der Waals surface area contributed by atoms with Gasteiger partial charge < -0.3 is 9.64 Å². The summed E-state index contributed by atoms with van der Waals surface area (Å²) in [6.07, 6.45) is 1.94. The number of rotatable bonds is 2. The first-order chi connectivity index (χ1) is 9.76. The molecule has 21 heavy (non-hydrogen) atoms. The molecule has 1 heterocycles. The lowest BCUT2D eigenvalue weighted by Gasteiger charge is -2.24. The summed E-state index contributed by atoms with van der Waals surface area (Å²) in [5.74, 6) is -0.649. The van der Waals surface area contributed by atoms with Crippen LogP contribution in [0.3, 0.4) is 0 Å². The van der Waals surface area contributed by atoms with E-state index in [4.69, 9.17) is 4.74 Å². The van der Waals surface area contributed by atoms with Crippen molar-refractivity contribution in [3.05, 3.63) is 0 Å². The van der Waals surface area contributed by atoms with E-state index in [2.05, 4.69) is 10.9 Å². The molecule has 2 aliphatic rings. The smallest absolute Gasteiger partial charge is 0.410 e. The largest absolute Gasteiger partial charge is 0.444 e. The Hall–Kier alpha value is -1.79. The third-order valence-electron chi connectivity index (χ3n) is 3.47. The highest BCUT2D eigenvalue weighted by Crippen LogP contribution is 2.28. The van der Waals surface area contributed by atoms with E-state index in [0.29, 0.717) is 19.5 Å². The number of hydrazine groups is 1. The summed E-state index contributed by atoms with van der Waals surface area (Å²) in [5, 5.41) is 0. The summed E-state index contributed by atoms with van der Waals surface area (Å²) in [6, 6.07) is 0. The predicted octanol–water partition coefficient (Wildman–Crippen LogP) is 0.801. The average Bonchev–Trinajstić information content (AvgIpc) is 3.10. The maximum atomic E-state index is 11.9. The minimum absolute atomic E-state index is 0.0483. The minimum Gasteiger partial charge on any atom is -0.444 e. The van der Waals surface area contributed by atoms with Gasteiger partial charge in [0.2, 0.25) is 11.8 Å². The predicted molar refractivity (Wildman–Crippen MR) is 74.9 cm³/mol. The maximum absolute atomic E-state index is 11.9. The van der Waals surface area contributed by atoms with Crippen molar-refractivity contribution in [2.45, 2.75) is 45.6 Å². The number of nitrogens with one attached hydrogen (secondary N) is 2. The highest BCUT2D eigenvalue weighted by Gasteiger charge is 2.34. The van der Waals surface area contributed by atoms with E-state index in [-0.39, 0.29) is 23.7 Å². The number of likely N-dealkylation sites (tertiary alicyclic amines) is 1. The lowest BCUT2D eigenvalue weighted by atomic mass is 10.1. The van der Waals surface area contributed by atoms with Crippen molar-refractivity contribution in [3.63, 3.8) is 0 Å². The first-order valence-electron chi connectivity index (χ1n) is 7.34. The Morgan fingerprint density at radius 1 is 1.00 bits per heavy atom. The molecule has 0 aromatic carbocycles. The molecule has 0 bridgehead atoms. The Labute approximate surface area is 124 Å². The van der Waals surface area contributed by atoms with E-state index >= 15 is 0 Å². The second kappa shape index (κ2) is 5.91. The lowest BCUT2D eigenvalue weighted by molar-refractivity contribution is -0.131. The zero-order valence-electron chi connectivity index (χ0n) is 12.8. The number of hydrogen-bond acceptors (Lipinski definition) is 4. The molecule has 2 rings (SSSR count). The summed E-state index contributed by atoms with van der Waals surface area (Å²) in [6.45, 7) is 6.22. The topological polar surface area (TPSA) is 87.7 Å². The molecule has 3 amide bonds. The van der Waals surface area contributed by atoms with Crippen LogP contribution >= 0.6 is 0 Å². The summed E-state index contributed by atoms with van der Waals surface area (Å²) in [7, 11) is 0. The number of amides is 3. The van der Waals surface area contributed by atoms with Gasteiger partial charge in [0.15, 0.2) is 0 Å². The molecule has 1 saturated heterocycles. The SMILES string of the molecule is CC(C)(C)OC(=O)N1CCC(C(=O)NNC(=O)C2CC2)C1. The quantitative estimate of drug-likeness (QED) is 0.738. The van der Waals surface area contributed by atoms with Gasteiger partial charge in [-0.15, -0.1) is 0 Å². The Morgan fingerprint density at radius 2 is 1.57 bits per heavy atom. The van der Waals surface area contributed by atoms with E-state index in [1.54, 1.807) is 20.8 Å². The third-order valence-corrected chi connectivity index (χ3v) is 3.47. The van der Waals surface area contributed by atoms with Gasteiger partial charge in [0.25, 0.3) is 0 Å². The Morgan fingerprint density at radius 3 is 2.10 bits per heavy atom. The molecule has 7 heteroatoms. The molecule has 1 atom stereocenters. The molecule has 1 saturated carbocycles. The molecule has 0 aromatic heterocycles. The summed E-state index contributed by atoms with van der Waals surface area (Å²) in [5.41, 5.74) is 4.32. The van der Waals surface area contributed by atoms with Gasteiger partial charge in [0.05, 0.1) is 5.92 Å². The van der Waals surface area contributed by atoms with Gasteiger partial charge in [0.1, 0.15) is 5.60 Å². The van der Waals surface area contributed by atoms with Crippen LogP contribution in [0.15, 0.2) is 0 Å². The van der Waals surface area contributed by atoms with E-state index < -0.39 is 11.7 Å². The molecule has 2 N–H and O–H groups in total. The van der Waals surface area contributed by atoms with E-state index in [1.165, 1.54) is 4.90 Å². The Balaban J connectivity index is 1.74. The zero-order chi connectivity index (χ0) is 15.6. The fraction of sp³-hybridized carbons (Fsp3) is 0.786. The Kier molecular flexibility index (Phi) is 4.39. The summed E-state index contributed by atoms with van der Waals surface area (Å²) >= 11 is 0. The van der Waals surface area contributed by atoms with Gasteiger partial charge >= 0.3 is 6.09 Å². The molecule has 1 unspecified atom stereocenters. The second-order valence-corrected chi connectivity index (χ2v) is 6.66. The summed E-state index contributed by atoms with van der Waals surface area (Å²) < 4.78 is 5.27. The van der Waals surface area contributed by atoms with Crippen LogP contribution in [0.5, 0.6) is 0 Å². The van der Waals surface area contributed by atoms with Gasteiger partial charge in [-0.3, -0.25) is 20.4 Å². The molecule has 0 spiro atoms. The number of carbonyl (C=O) groups is 3. The van der Waals surface area contributed by atoms with Crippen molar-refractivity contribution in [3.8, 4) is 0 Å². The normalized spacial score (nSPS) is 21.9. The van der Waals surface area contributed by atoms with Crippen molar-refractivity contribution in [2.75, 3.05) is 13.1 Å². The van der Waals surface area contributed by atoms with Gasteiger partial charge in [-0.1, -0.05) is 0 Å². The zero-order valence-corrected chi connectivity index (χ0v) is 12.8. The molecule has 1 aliphatic heterocycles. The second-order valence-electron chi connectivity index (χ2n) is 6.66. The van der Waals surface area contributed by atoms with Crippen LogP contribution in [-0.2, 0) is 14.3 Å². The molecule has 0 aromatic rings. The van der Waals surface area contributed by atoms with Gasteiger partial charge in [0, 0.05) is 19.0 Å². The molecule has 2 fully saturated rings. The van der Waals surface area contributed by atoms with E-state index in [1.807, 2.05) is 0 Å². The van der Waals surface area contributed by atoms with Gasteiger partial charge in [-0.25, -0.2) is 4.79 Å². The highest BCUT2D eigenvalue weighted by molar-refractivity contribution is 5.86. The maximum Gasteiger partial charge on any atom is 0.410 e. The van der Waals surface area contributed by atoms with Crippen LogP contribution in [-0.4, -0.2) is 41.5 Å². The molecule has 118 valence electrons. The lowest BCUT2D eigenvalue weighted by Crippen LogP contribution is -2.46. The summed E-state index contributed by atoms with van der Waals surface area (Å²) in [4.78, 5) is 36.8. The number of hydrogen-bond donors (Lipinski definition) is 2. The van der Waals surface area contributed by atoms with E-state index in [9.17, 15) is 14.4 Å². The number of carbonyl (C=O) groups excluding carboxylic acids is 3.